The number of thioether (sulfide) groups is 1. The van der Waals surface area contributed by atoms with Crippen LogP contribution < -0.4 is 0 Å². The van der Waals surface area contributed by atoms with Crippen molar-refractivity contribution < 1.29 is 19.4 Å². The SMILES string of the molecule is O=C(O)C1CSCCN1C(=O)N1CCCOCC1. The average Bonchev–Trinajstić information content (AvgIpc) is 2.66. The van der Waals surface area contributed by atoms with E-state index in [1.54, 1.807) is 16.7 Å². The van der Waals surface area contributed by atoms with Crippen LogP contribution >= 0.6 is 11.8 Å². The number of rotatable bonds is 1. The van der Waals surface area contributed by atoms with Crippen molar-refractivity contribution >= 4 is 23.8 Å². The first-order chi connectivity index (χ1) is 8.70. The van der Waals surface area contributed by atoms with Crippen molar-refractivity contribution in [2.75, 3.05) is 44.4 Å². The second-order valence-corrected chi connectivity index (χ2v) is 5.51. The molecule has 0 aliphatic carbocycles. The van der Waals surface area contributed by atoms with Gasteiger partial charge in [0.25, 0.3) is 0 Å². The standard InChI is InChI=1S/C11H18N2O4S/c14-10(15)9-8-18-7-4-13(9)11(16)12-2-1-5-17-6-3-12/h9H,1-8H2,(H,14,15). The Morgan fingerprint density at radius 1 is 1.22 bits per heavy atom. The molecule has 2 saturated heterocycles. The molecule has 0 aromatic carbocycles. The lowest BCUT2D eigenvalue weighted by molar-refractivity contribution is -0.141. The number of amides is 2. The van der Waals surface area contributed by atoms with Crippen LogP contribution in [0.2, 0.25) is 0 Å². The molecule has 2 fully saturated rings. The fourth-order valence-electron chi connectivity index (χ4n) is 2.16. The van der Waals surface area contributed by atoms with Gasteiger partial charge in [0.1, 0.15) is 6.04 Å². The molecule has 0 bridgehead atoms. The Kier molecular flexibility index (Phi) is 4.71. The van der Waals surface area contributed by atoms with Crippen molar-refractivity contribution in [3.63, 3.8) is 0 Å². The van der Waals surface area contributed by atoms with Crippen LogP contribution in [0.25, 0.3) is 0 Å². The van der Waals surface area contributed by atoms with Gasteiger partial charge in [0, 0.05) is 37.7 Å². The molecule has 0 spiro atoms. The van der Waals surface area contributed by atoms with Crippen molar-refractivity contribution in [2.24, 2.45) is 0 Å². The summed E-state index contributed by atoms with van der Waals surface area (Å²) in [4.78, 5) is 26.7. The zero-order chi connectivity index (χ0) is 13.0. The van der Waals surface area contributed by atoms with Gasteiger partial charge in [-0.1, -0.05) is 0 Å². The van der Waals surface area contributed by atoms with Crippen molar-refractivity contribution in [1.82, 2.24) is 9.80 Å². The van der Waals surface area contributed by atoms with Gasteiger partial charge in [-0.05, 0) is 6.42 Å². The first kappa shape index (κ1) is 13.5. The molecule has 1 atom stereocenters. The summed E-state index contributed by atoms with van der Waals surface area (Å²) in [6.45, 7) is 2.91. The van der Waals surface area contributed by atoms with Crippen molar-refractivity contribution in [3.8, 4) is 0 Å². The summed E-state index contributed by atoms with van der Waals surface area (Å²) < 4.78 is 5.30. The summed E-state index contributed by atoms with van der Waals surface area (Å²) in [5, 5.41) is 9.16. The zero-order valence-corrected chi connectivity index (χ0v) is 11.0. The second-order valence-electron chi connectivity index (χ2n) is 4.36. The number of ether oxygens (including phenoxy) is 1. The van der Waals surface area contributed by atoms with E-state index in [0.29, 0.717) is 38.6 Å². The largest absolute Gasteiger partial charge is 0.480 e. The minimum Gasteiger partial charge on any atom is -0.480 e. The molecule has 2 aliphatic heterocycles. The third kappa shape index (κ3) is 3.08. The monoisotopic (exact) mass is 274 g/mol. The molecule has 6 nitrogen and oxygen atoms in total. The molecule has 7 heteroatoms. The summed E-state index contributed by atoms with van der Waals surface area (Å²) in [5.74, 6) is 0.368. The van der Waals surface area contributed by atoms with Gasteiger partial charge in [0.05, 0.1) is 6.61 Å². The Hall–Kier alpha value is -0.950. The van der Waals surface area contributed by atoms with Gasteiger partial charge in [-0.15, -0.1) is 0 Å². The second kappa shape index (κ2) is 6.29. The molecule has 0 saturated carbocycles. The number of hydrogen-bond donors (Lipinski definition) is 1. The predicted octanol–water partition coefficient (Wildman–Crippen LogP) is 0.331. The number of carboxylic acid groups (broad SMARTS) is 1. The van der Waals surface area contributed by atoms with Crippen molar-refractivity contribution in [2.45, 2.75) is 12.5 Å². The van der Waals surface area contributed by atoms with Crippen LogP contribution in [0.4, 0.5) is 4.79 Å². The average molecular weight is 274 g/mol. The molecule has 2 heterocycles. The van der Waals surface area contributed by atoms with Gasteiger partial charge < -0.3 is 19.6 Å². The third-order valence-corrected chi connectivity index (χ3v) is 4.17. The van der Waals surface area contributed by atoms with E-state index in [4.69, 9.17) is 9.84 Å². The van der Waals surface area contributed by atoms with Gasteiger partial charge in [-0.2, -0.15) is 11.8 Å². The minimum atomic E-state index is -0.915. The summed E-state index contributed by atoms with van der Waals surface area (Å²) in [6, 6.07) is -0.853. The molecule has 1 N–H and O–H groups in total. The van der Waals surface area contributed by atoms with Gasteiger partial charge >= 0.3 is 12.0 Å². The Labute approximate surface area is 110 Å². The van der Waals surface area contributed by atoms with E-state index in [0.717, 1.165) is 12.2 Å². The van der Waals surface area contributed by atoms with Gasteiger partial charge in [0.15, 0.2) is 0 Å². The number of urea groups is 1. The topological polar surface area (TPSA) is 70.1 Å². The van der Waals surface area contributed by atoms with E-state index in [-0.39, 0.29) is 6.03 Å². The highest BCUT2D eigenvalue weighted by Gasteiger charge is 2.34. The van der Waals surface area contributed by atoms with E-state index in [1.165, 1.54) is 4.90 Å². The predicted molar refractivity (Wildman–Crippen MR) is 67.9 cm³/mol. The molecular weight excluding hydrogens is 256 g/mol. The first-order valence-corrected chi connectivity index (χ1v) is 7.29. The van der Waals surface area contributed by atoms with E-state index in [9.17, 15) is 9.59 Å². The lowest BCUT2D eigenvalue weighted by atomic mass is 10.3. The Morgan fingerprint density at radius 3 is 2.83 bits per heavy atom. The lowest BCUT2D eigenvalue weighted by Crippen LogP contribution is -2.55. The highest BCUT2D eigenvalue weighted by atomic mass is 32.2. The van der Waals surface area contributed by atoms with Gasteiger partial charge in [0.2, 0.25) is 0 Å². The molecule has 2 amide bonds. The summed E-state index contributed by atoms with van der Waals surface area (Å²) in [5.41, 5.74) is 0. The summed E-state index contributed by atoms with van der Waals surface area (Å²) in [7, 11) is 0. The van der Waals surface area contributed by atoms with E-state index < -0.39 is 12.0 Å². The smallest absolute Gasteiger partial charge is 0.327 e. The van der Waals surface area contributed by atoms with E-state index in [1.807, 2.05) is 0 Å². The highest BCUT2D eigenvalue weighted by molar-refractivity contribution is 7.99. The lowest BCUT2D eigenvalue weighted by Gasteiger charge is -2.36. The molecule has 18 heavy (non-hydrogen) atoms. The third-order valence-electron chi connectivity index (χ3n) is 3.15. The molecule has 0 radical (unpaired) electrons. The van der Waals surface area contributed by atoms with Crippen LogP contribution in [0.15, 0.2) is 0 Å². The van der Waals surface area contributed by atoms with Crippen LogP contribution in [0.5, 0.6) is 0 Å². The Bertz CT molecular complexity index is 318. The number of carboxylic acids is 1. The van der Waals surface area contributed by atoms with Crippen LogP contribution in [0, 0.1) is 0 Å². The minimum absolute atomic E-state index is 0.159. The number of nitrogens with zero attached hydrogens (tertiary/aromatic N) is 2. The molecule has 102 valence electrons. The van der Waals surface area contributed by atoms with Gasteiger partial charge in [-0.3, -0.25) is 0 Å². The summed E-state index contributed by atoms with van der Waals surface area (Å²) in [6.07, 6.45) is 0.812. The maximum absolute atomic E-state index is 12.3. The molecular formula is C11H18N2O4S. The fourth-order valence-corrected chi connectivity index (χ4v) is 3.19. The fraction of sp³-hybridized carbons (Fsp3) is 0.818. The Balaban J connectivity index is 2.02. The van der Waals surface area contributed by atoms with Crippen molar-refractivity contribution in [1.29, 1.82) is 0 Å². The number of aliphatic carboxylic acids is 1. The summed E-state index contributed by atoms with van der Waals surface area (Å²) >= 11 is 1.59. The maximum Gasteiger partial charge on any atom is 0.327 e. The van der Waals surface area contributed by atoms with Crippen LogP contribution in [0.3, 0.4) is 0 Å². The van der Waals surface area contributed by atoms with Crippen LogP contribution in [0.1, 0.15) is 6.42 Å². The van der Waals surface area contributed by atoms with Gasteiger partial charge in [-0.25, -0.2) is 9.59 Å². The molecule has 1 unspecified atom stereocenters. The zero-order valence-electron chi connectivity index (χ0n) is 10.2. The molecule has 2 aliphatic rings. The van der Waals surface area contributed by atoms with E-state index in [2.05, 4.69) is 0 Å². The Morgan fingerprint density at radius 2 is 2.06 bits per heavy atom. The van der Waals surface area contributed by atoms with Crippen LogP contribution in [-0.2, 0) is 9.53 Å². The highest BCUT2D eigenvalue weighted by Crippen LogP contribution is 2.19. The van der Waals surface area contributed by atoms with E-state index >= 15 is 0 Å². The maximum atomic E-state index is 12.3. The number of carbonyl (C=O) groups is 2. The first-order valence-electron chi connectivity index (χ1n) is 6.14. The quantitative estimate of drug-likeness (QED) is 0.746. The molecule has 2 rings (SSSR count). The molecule has 0 aromatic heterocycles. The normalized spacial score (nSPS) is 25.7. The van der Waals surface area contributed by atoms with Crippen molar-refractivity contribution in [3.05, 3.63) is 0 Å². The number of hydrogen-bond acceptors (Lipinski definition) is 4. The molecule has 0 aromatic rings. The number of carbonyl (C=O) groups excluding carboxylic acids is 1. The van der Waals surface area contributed by atoms with Crippen LogP contribution in [-0.4, -0.2) is 77.3 Å².